The van der Waals surface area contributed by atoms with Crippen molar-refractivity contribution in [3.63, 3.8) is 0 Å². The average Bonchev–Trinajstić information content (AvgIpc) is 2.51. The Kier molecular flexibility index (Phi) is 3.75. The van der Waals surface area contributed by atoms with E-state index in [1.54, 1.807) is 6.07 Å². The van der Waals surface area contributed by atoms with Gasteiger partial charge in [0.05, 0.1) is 19.3 Å². The fourth-order valence-electron chi connectivity index (χ4n) is 4.94. The van der Waals surface area contributed by atoms with Crippen LogP contribution in [0.15, 0.2) is 12.1 Å². The fraction of sp³-hybridized carbons (Fsp3) is 0.667. The number of aliphatic hydroxyl groups excluding tert-OH is 3. The van der Waals surface area contributed by atoms with E-state index < -0.39 is 11.5 Å². The predicted molar refractivity (Wildman–Crippen MR) is 83.6 cm³/mol. The first-order valence-electron chi connectivity index (χ1n) is 8.12. The normalized spacial score (nSPS) is 37.5. The Labute approximate surface area is 131 Å². The highest BCUT2D eigenvalue weighted by Gasteiger charge is 2.55. The zero-order chi connectivity index (χ0) is 16.1. The molecule has 3 rings (SSSR count). The SMILES string of the molecule is C[C@@]1(CO)[C@@H](O)CC[C@@]2(C)c3cc(O)c(CO)cc3CC[C@@H]12. The number of aliphatic hydroxyl groups is 3. The van der Waals surface area contributed by atoms with Crippen LogP contribution in [0.25, 0.3) is 0 Å². The van der Waals surface area contributed by atoms with E-state index in [-0.39, 0.29) is 30.3 Å². The molecule has 2 aliphatic rings. The summed E-state index contributed by atoms with van der Waals surface area (Å²) in [4.78, 5) is 0. The molecule has 122 valence electrons. The molecule has 4 atom stereocenters. The van der Waals surface area contributed by atoms with Gasteiger partial charge in [-0.25, -0.2) is 0 Å². The van der Waals surface area contributed by atoms with Crippen LogP contribution >= 0.6 is 0 Å². The number of hydrogen-bond donors (Lipinski definition) is 4. The number of aryl methyl sites for hydroxylation is 1. The Bertz CT molecular complexity index is 585. The molecule has 1 aromatic rings. The van der Waals surface area contributed by atoms with Gasteiger partial charge in [0.25, 0.3) is 0 Å². The van der Waals surface area contributed by atoms with Gasteiger partial charge in [-0.05, 0) is 60.3 Å². The van der Waals surface area contributed by atoms with E-state index in [0.29, 0.717) is 12.0 Å². The molecule has 0 saturated heterocycles. The number of phenols is 1. The minimum absolute atomic E-state index is 0.0234. The summed E-state index contributed by atoms with van der Waals surface area (Å²) >= 11 is 0. The van der Waals surface area contributed by atoms with Crippen molar-refractivity contribution in [1.82, 2.24) is 0 Å². The molecule has 22 heavy (non-hydrogen) atoms. The van der Waals surface area contributed by atoms with Crippen molar-refractivity contribution in [1.29, 1.82) is 0 Å². The third-order valence-corrected chi connectivity index (χ3v) is 6.40. The van der Waals surface area contributed by atoms with Crippen LogP contribution in [0, 0.1) is 11.3 Å². The summed E-state index contributed by atoms with van der Waals surface area (Å²) < 4.78 is 0. The summed E-state index contributed by atoms with van der Waals surface area (Å²) in [5.41, 5.74) is 2.20. The van der Waals surface area contributed by atoms with E-state index in [1.807, 2.05) is 13.0 Å². The molecule has 4 nitrogen and oxygen atoms in total. The number of fused-ring (bicyclic) bond motifs is 3. The lowest BCUT2D eigenvalue weighted by atomic mass is 9.49. The van der Waals surface area contributed by atoms with Crippen molar-refractivity contribution < 1.29 is 20.4 Å². The molecular weight excluding hydrogens is 280 g/mol. The van der Waals surface area contributed by atoms with Crippen LogP contribution in [0.3, 0.4) is 0 Å². The quantitative estimate of drug-likeness (QED) is 0.672. The maximum atomic E-state index is 10.4. The Morgan fingerprint density at radius 2 is 1.91 bits per heavy atom. The minimum Gasteiger partial charge on any atom is -0.508 e. The second kappa shape index (κ2) is 5.22. The molecule has 1 saturated carbocycles. The van der Waals surface area contributed by atoms with Crippen molar-refractivity contribution in [3.8, 4) is 5.75 Å². The second-order valence-corrected chi connectivity index (χ2v) is 7.52. The van der Waals surface area contributed by atoms with Crippen LogP contribution in [-0.2, 0) is 18.4 Å². The Morgan fingerprint density at radius 3 is 2.55 bits per heavy atom. The van der Waals surface area contributed by atoms with Crippen molar-refractivity contribution in [2.24, 2.45) is 11.3 Å². The van der Waals surface area contributed by atoms with E-state index in [9.17, 15) is 20.4 Å². The molecule has 0 heterocycles. The van der Waals surface area contributed by atoms with Crippen LogP contribution in [-0.4, -0.2) is 33.1 Å². The maximum Gasteiger partial charge on any atom is 0.121 e. The van der Waals surface area contributed by atoms with Gasteiger partial charge in [0.2, 0.25) is 0 Å². The standard InChI is InChI=1S/C18H26O4/c1-17-6-5-16(22)18(2,10-20)15(17)4-3-11-7-12(9-19)14(21)8-13(11)17/h7-8,15-16,19-22H,3-6,9-10H2,1-2H3/t15-,16+,17+,18+/m1/s1. The van der Waals surface area contributed by atoms with Gasteiger partial charge in [-0.3, -0.25) is 0 Å². The van der Waals surface area contributed by atoms with E-state index in [2.05, 4.69) is 6.92 Å². The molecule has 0 aromatic heterocycles. The summed E-state index contributed by atoms with van der Waals surface area (Å²) in [5, 5.41) is 39.8. The Hall–Kier alpha value is -1.10. The summed E-state index contributed by atoms with van der Waals surface area (Å²) in [6, 6.07) is 3.70. The first-order valence-corrected chi connectivity index (χ1v) is 8.12. The van der Waals surface area contributed by atoms with Gasteiger partial charge in [0.1, 0.15) is 5.75 Å². The molecule has 4 N–H and O–H groups in total. The number of benzene rings is 1. The molecule has 0 unspecified atom stereocenters. The van der Waals surface area contributed by atoms with Gasteiger partial charge in [0, 0.05) is 11.0 Å². The monoisotopic (exact) mass is 306 g/mol. The number of aromatic hydroxyl groups is 1. The van der Waals surface area contributed by atoms with E-state index in [4.69, 9.17) is 0 Å². The fourth-order valence-corrected chi connectivity index (χ4v) is 4.94. The van der Waals surface area contributed by atoms with E-state index in [1.165, 1.54) is 5.56 Å². The third kappa shape index (κ3) is 2.01. The van der Waals surface area contributed by atoms with Gasteiger partial charge < -0.3 is 20.4 Å². The summed E-state index contributed by atoms with van der Waals surface area (Å²) in [7, 11) is 0. The van der Waals surface area contributed by atoms with Gasteiger partial charge in [0.15, 0.2) is 0 Å². The molecule has 0 spiro atoms. The number of rotatable bonds is 2. The van der Waals surface area contributed by atoms with Crippen molar-refractivity contribution in [3.05, 3.63) is 28.8 Å². The molecule has 4 heteroatoms. The summed E-state index contributed by atoms with van der Waals surface area (Å²) in [6.07, 6.45) is 2.78. The van der Waals surface area contributed by atoms with Crippen LogP contribution < -0.4 is 0 Å². The second-order valence-electron chi connectivity index (χ2n) is 7.52. The Balaban J connectivity index is 2.12. The zero-order valence-corrected chi connectivity index (χ0v) is 13.3. The van der Waals surface area contributed by atoms with E-state index >= 15 is 0 Å². The molecule has 0 amide bonds. The molecule has 1 fully saturated rings. The van der Waals surface area contributed by atoms with E-state index in [0.717, 1.165) is 24.8 Å². The summed E-state index contributed by atoms with van der Waals surface area (Å²) in [5.74, 6) is 0.320. The third-order valence-electron chi connectivity index (χ3n) is 6.40. The predicted octanol–water partition coefficient (Wildman–Crippen LogP) is 1.86. The van der Waals surface area contributed by atoms with Crippen molar-refractivity contribution in [2.75, 3.05) is 6.61 Å². The first-order chi connectivity index (χ1) is 10.4. The van der Waals surface area contributed by atoms with Crippen LogP contribution in [0.2, 0.25) is 0 Å². The summed E-state index contributed by atoms with van der Waals surface area (Å²) in [6.45, 7) is 3.98. The molecular formula is C18H26O4. The largest absolute Gasteiger partial charge is 0.508 e. The average molecular weight is 306 g/mol. The first kappa shape index (κ1) is 15.8. The lowest BCUT2D eigenvalue weighted by Crippen LogP contribution is -2.56. The smallest absolute Gasteiger partial charge is 0.121 e. The van der Waals surface area contributed by atoms with Crippen LogP contribution in [0.1, 0.15) is 49.8 Å². The van der Waals surface area contributed by atoms with Gasteiger partial charge in [-0.15, -0.1) is 0 Å². The molecule has 0 radical (unpaired) electrons. The van der Waals surface area contributed by atoms with Crippen molar-refractivity contribution in [2.45, 2.75) is 57.7 Å². The van der Waals surface area contributed by atoms with Gasteiger partial charge in [-0.2, -0.15) is 0 Å². The number of hydrogen-bond acceptors (Lipinski definition) is 4. The van der Waals surface area contributed by atoms with Crippen LogP contribution in [0.4, 0.5) is 0 Å². The minimum atomic E-state index is -0.504. The van der Waals surface area contributed by atoms with Gasteiger partial charge >= 0.3 is 0 Å². The topological polar surface area (TPSA) is 80.9 Å². The lowest BCUT2D eigenvalue weighted by molar-refractivity contribution is -0.110. The molecule has 1 aromatic carbocycles. The maximum absolute atomic E-state index is 10.4. The zero-order valence-electron chi connectivity index (χ0n) is 13.3. The highest BCUT2D eigenvalue weighted by Crippen LogP contribution is 2.57. The highest BCUT2D eigenvalue weighted by molar-refractivity contribution is 5.47. The Morgan fingerprint density at radius 1 is 1.18 bits per heavy atom. The van der Waals surface area contributed by atoms with Gasteiger partial charge in [-0.1, -0.05) is 13.8 Å². The van der Waals surface area contributed by atoms with Crippen molar-refractivity contribution >= 4 is 0 Å². The highest BCUT2D eigenvalue weighted by atomic mass is 16.3. The molecule has 2 aliphatic carbocycles. The van der Waals surface area contributed by atoms with Crippen LogP contribution in [0.5, 0.6) is 5.75 Å². The lowest BCUT2D eigenvalue weighted by Gasteiger charge is -2.56. The molecule has 0 bridgehead atoms. The molecule has 0 aliphatic heterocycles.